The second kappa shape index (κ2) is 10.6. The molecule has 0 aliphatic heterocycles. The van der Waals surface area contributed by atoms with Gasteiger partial charge >= 0.3 is 0 Å². The lowest BCUT2D eigenvalue weighted by molar-refractivity contribution is 0.146. The van der Waals surface area contributed by atoms with Crippen molar-refractivity contribution < 1.29 is 13.2 Å². The maximum absolute atomic E-state index is 12.7. The molecule has 9 heteroatoms. The number of halogens is 1. The van der Waals surface area contributed by atoms with Crippen LogP contribution in [0.3, 0.4) is 0 Å². The summed E-state index contributed by atoms with van der Waals surface area (Å²) in [6.07, 6.45) is 0.827. The molecule has 2 aromatic rings. The zero-order chi connectivity index (χ0) is 20.6. The molecular weight excluding hydrogens is 418 g/mol. The van der Waals surface area contributed by atoms with Gasteiger partial charge < -0.3 is 15.4 Å². The van der Waals surface area contributed by atoms with Crippen LogP contribution >= 0.6 is 23.8 Å². The molecule has 0 unspecified atom stereocenters. The molecule has 2 rings (SSSR count). The van der Waals surface area contributed by atoms with Crippen LogP contribution in [-0.4, -0.2) is 33.3 Å². The molecule has 0 bridgehead atoms. The fourth-order valence-electron chi connectivity index (χ4n) is 2.32. The van der Waals surface area contributed by atoms with E-state index in [2.05, 4.69) is 15.4 Å². The Balaban J connectivity index is 2.05. The summed E-state index contributed by atoms with van der Waals surface area (Å²) in [5.74, 6) is 0. The van der Waals surface area contributed by atoms with Crippen LogP contribution in [0.2, 0.25) is 5.02 Å². The van der Waals surface area contributed by atoms with Gasteiger partial charge in [-0.1, -0.05) is 17.7 Å². The molecule has 2 aromatic carbocycles. The number of thiocarbonyl (C=S) groups is 1. The van der Waals surface area contributed by atoms with Crippen molar-refractivity contribution in [2.45, 2.75) is 25.2 Å². The van der Waals surface area contributed by atoms with E-state index < -0.39 is 10.0 Å². The Kier molecular flexibility index (Phi) is 8.50. The minimum Gasteiger partial charge on any atom is -0.382 e. The quantitative estimate of drug-likeness (QED) is 0.400. The highest BCUT2D eigenvalue weighted by atomic mass is 35.5. The lowest BCUT2D eigenvalue weighted by Crippen LogP contribution is -2.30. The lowest BCUT2D eigenvalue weighted by atomic mass is 10.2. The Morgan fingerprint density at radius 1 is 1.18 bits per heavy atom. The summed E-state index contributed by atoms with van der Waals surface area (Å²) in [7, 11) is -3.74. The van der Waals surface area contributed by atoms with Gasteiger partial charge in [-0.3, -0.25) is 4.72 Å². The van der Waals surface area contributed by atoms with Crippen molar-refractivity contribution in [1.29, 1.82) is 0 Å². The number of nitrogens with one attached hydrogen (secondary N) is 3. The molecule has 0 saturated heterocycles. The Hall–Kier alpha value is -1.87. The summed E-state index contributed by atoms with van der Waals surface area (Å²) in [6.45, 7) is 5.84. The number of benzene rings is 2. The van der Waals surface area contributed by atoms with Crippen molar-refractivity contribution >= 4 is 50.3 Å². The van der Waals surface area contributed by atoms with Crippen molar-refractivity contribution in [1.82, 2.24) is 5.32 Å². The van der Waals surface area contributed by atoms with Crippen LogP contribution in [0.15, 0.2) is 47.4 Å². The molecule has 0 aromatic heterocycles. The van der Waals surface area contributed by atoms with Gasteiger partial charge in [-0.25, -0.2) is 8.42 Å². The topological polar surface area (TPSA) is 79.5 Å². The van der Waals surface area contributed by atoms with E-state index in [0.29, 0.717) is 41.3 Å². The third kappa shape index (κ3) is 6.94. The SMILES string of the molecule is CCOCCCNC(=S)Nc1cc(S(=O)(=O)Nc2ccc(Cl)cc2)ccc1C. The molecule has 0 radical (unpaired) electrons. The molecule has 0 fully saturated rings. The van der Waals surface area contributed by atoms with Crippen molar-refractivity contribution in [3.63, 3.8) is 0 Å². The number of hydrogen-bond donors (Lipinski definition) is 3. The molecule has 0 aliphatic carbocycles. The van der Waals surface area contributed by atoms with Gasteiger partial charge in [0.1, 0.15) is 0 Å². The first-order valence-corrected chi connectivity index (χ1v) is 11.1. The van der Waals surface area contributed by atoms with Gasteiger partial charge in [0.2, 0.25) is 0 Å². The van der Waals surface area contributed by atoms with Crippen LogP contribution in [0.25, 0.3) is 0 Å². The Labute approximate surface area is 176 Å². The summed E-state index contributed by atoms with van der Waals surface area (Å²) >= 11 is 11.1. The Bertz CT molecular complexity index is 903. The number of anilines is 2. The summed E-state index contributed by atoms with van der Waals surface area (Å²) < 4.78 is 33.2. The van der Waals surface area contributed by atoms with Crippen LogP contribution in [-0.2, 0) is 14.8 Å². The zero-order valence-electron chi connectivity index (χ0n) is 15.8. The second-order valence-corrected chi connectivity index (χ2v) is 8.55. The minimum atomic E-state index is -3.74. The van der Waals surface area contributed by atoms with Gasteiger partial charge in [-0.2, -0.15) is 0 Å². The van der Waals surface area contributed by atoms with Gasteiger partial charge in [-0.15, -0.1) is 0 Å². The Morgan fingerprint density at radius 3 is 2.57 bits per heavy atom. The normalized spacial score (nSPS) is 11.1. The fourth-order valence-corrected chi connectivity index (χ4v) is 3.74. The average Bonchev–Trinajstić information content (AvgIpc) is 2.65. The summed E-state index contributed by atoms with van der Waals surface area (Å²) in [5, 5.41) is 7.10. The smallest absolute Gasteiger partial charge is 0.261 e. The monoisotopic (exact) mass is 441 g/mol. The predicted octanol–water partition coefficient (Wildman–Crippen LogP) is 4.16. The molecule has 6 nitrogen and oxygen atoms in total. The number of aryl methyl sites for hydroxylation is 1. The van der Waals surface area contributed by atoms with E-state index in [-0.39, 0.29) is 4.90 Å². The van der Waals surface area contributed by atoms with Crippen molar-refractivity contribution in [3.8, 4) is 0 Å². The van der Waals surface area contributed by atoms with Crippen molar-refractivity contribution in [3.05, 3.63) is 53.1 Å². The van der Waals surface area contributed by atoms with E-state index in [1.54, 1.807) is 42.5 Å². The summed E-state index contributed by atoms with van der Waals surface area (Å²) in [4.78, 5) is 0.134. The fraction of sp³-hybridized carbons (Fsp3) is 0.316. The van der Waals surface area contributed by atoms with Crippen LogP contribution in [0.5, 0.6) is 0 Å². The maximum Gasteiger partial charge on any atom is 0.261 e. The molecule has 0 atom stereocenters. The van der Waals surface area contributed by atoms with Gasteiger partial charge in [0.25, 0.3) is 10.0 Å². The van der Waals surface area contributed by atoms with Crippen LogP contribution in [0, 0.1) is 6.92 Å². The average molecular weight is 442 g/mol. The second-order valence-electron chi connectivity index (χ2n) is 6.02. The van der Waals surface area contributed by atoms with Crippen molar-refractivity contribution in [2.75, 3.05) is 29.8 Å². The number of hydrogen-bond acceptors (Lipinski definition) is 4. The molecule has 3 N–H and O–H groups in total. The first-order valence-electron chi connectivity index (χ1n) is 8.83. The third-order valence-corrected chi connectivity index (χ3v) is 5.70. The molecule has 0 spiro atoms. The number of sulfonamides is 1. The lowest BCUT2D eigenvalue weighted by Gasteiger charge is -2.14. The van der Waals surface area contributed by atoms with E-state index in [1.807, 2.05) is 13.8 Å². The first-order chi connectivity index (χ1) is 13.3. The molecule has 152 valence electrons. The highest BCUT2D eigenvalue weighted by Crippen LogP contribution is 2.23. The first kappa shape index (κ1) is 22.4. The van der Waals surface area contributed by atoms with E-state index in [4.69, 9.17) is 28.6 Å². The Morgan fingerprint density at radius 2 is 1.89 bits per heavy atom. The standard InChI is InChI=1S/C19H24ClN3O3S2/c1-3-26-12-4-11-21-19(27)22-18-13-17(10-5-14(18)2)28(24,25)23-16-8-6-15(20)7-9-16/h5-10,13,23H,3-4,11-12H2,1-2H3,(H2,21,22,27). The van der Waals surface area contributed by atoms with Crippen LogP contribution in [0.1, 0.15) is 18.9 Å². The van der Waals surface area contributed by atoms with Crippen molar-refractivity contribution in [2.24, 2.45) is 0 Å². The van der Waals surface area contributed by atoms with Gasteiger partial charge in [0, 0.05) is 36.2 Å². The van der Waals surface area contributed by atoms with Gasteiger partial charge in [-0.05, 0) is 74.4 Å². The van der Waals surface area contributed by atoms with E-state index in [9.17, 15) is 8.42 Å². The minimum absolute atomic E-state index is 0.134. The van der Waals surface area contributed by atoms with Gasteiger partial charge in [0.15, 0.2) is 5.11 Å². The van der Waals surface area contributed by atoms with E-state index in [1.165, 1.54) is 0 Å². The third-order valence-electron chi connectivity index (χ3n) is 3.82. The zero-order valence-corrected chi connectivity index (χ0v) is 18.2. The highest BCUT2D eigenvalue weighted by Gasteiger charge is 2.16. The van der Waals surface area contributed by atoms with E-state index >= 15 is 0 Å². The number of rotatable bonds is 9. The predicted molar refractivity (Wildman–Crippen MR) is 119 cm³/mol. The molecule has 0 saturated carbocycles. The largest absolute Gasteiger partial charge is 0.382 e. The van der Waals surface area contributed by atoms with E-state index in [0.717, 1.165) is 12.0 Å². The molecule has 0 heterocycles. The molecule has 0 aliphatic rings. The highest BCUT2D eigenvalue weighted by molar-refractivity contribution is 7.92. The molecule has 0 amide bonds. The summed E-state index contributed by atoms with van der Waals surface area (Å²) in [6, 6.07) is 11.3. The maximum atomic E-state index is 12.7. The number of ether oxygens (including phenoxy) is 1. The molecule has 28 heavy (non-hydrogen) atoms. The van der Waals surface area contributed by atoms with Crippen LogP contribution < -0.4 is 15.4 Å². The van der Waals surface area contributed by atoms with Crippen LogP contribution in [0.4, 0.5) is 11.4 Å². The summed E-state index contributed by atoms with van der Waals surface area (Å²) in [5.41, 5.74) is 1.94. The molecular formula is C19H24ClN3O3S2. The van der Waals surface area contributed by atoms with Gasteiger partial charge in [0.05, 0.1) is 4.90 Å².